The van der Waals surface area contributed by atoms with Crippen molar-refractivity contribution in [3.8, 4) is 79.2 Å². The van der Waals surface area contributed by atoms with E-state index in [1.807, 2.05) is 18.2 Å². The summed E-state index contributed by atoms with van der Waals surface area (Å²) >= 11 is 0. The van der Waals surface area contributed by atoms with Gasteiger partial charge in [0.15, 0.2) is 23.2 Å². The van der Waals surface area contributed by atoms with Crippen LogP contribution in [0.3, 0.4) is 0 Å². The summed E-state index contributed by atoms with van der Waals surface area (Å²) in [6, 6.07) is 102. The maximum atomic E-state index is 8.22. The summed E-state index contributed by atoms with van der Waals surface area (Å²) in [6.07, 6.45) is 0. The third-order valence-corrected chi connectivity index (χ3v) is 21.8. The molecule has 0 bridgehead atoms. The van der Waals surface area contributed by atoms with Gasteiger partial charge in [0, 0.05) is 82.3 Å². The highest BCUT2D eigenvalue weighted by atomic mass is 15.0. The fourth-order valence-corrected chi connectivity index (χ4v) is 16.1. The van der Waals surface area contributed by atoms with Gasteiger partial charge in [0.05, 0.1) is 62.1 Å². The van der Waals surface area contributed by atoms with Crippen LogP contribution in [0.25, 0.3) is 171 Å². The van der Waals surface area contributed by atoms with Crippen molar-refractivity contribution in [3.05, 3.63) is 313 Å². The van der Waals surface area contributed by atoms with Crippen LogP contribution < -0.4 is 0 Å². The molecule has 0 spiro atoms. The minimum absolute atomic E-state index is 0.167. The van der Waals surface area contributed by atoms with Crippen molar-refractivity contribution in [3.63, 3.8) is 0 Å². The lowest BCUT2D eigenvalue weighted by Crippen LogP contribution is -2.17. The number of benzene rings is 13. The molecule has 0 fully saturated rings. The molecule has 0 N–H and O–H groups in total. The normalized spacial score (nSPS) is 12.5. The van der Waals surface area contributed by atoms with Crippen molar-refractivity contribution in [2.75, 3.05) is 0 Å². The van der Waals surface area contributed by atoms with Gasteiger partial charge < -0.3 is 18.3 Å². The second kappa shape index (κ2) is 24.3. The van der Waals surface area contributed by atoms with Crippen molar-refractivity contribution in [1.29, 1.82) is 0 Å². The first-order valence-electron chi connectivity index (χ1n) is 36.9. The number of aromatic nitrogens is 7. The summed E-state index contributed by atoms with van der Waals surface area (Å²) < 4.78 is 9.78. The summed E-state index contributed by atoms with van der Waals surface area (Å²) in [4.78, 5) is 21.0. The molecular formula is C98H82N8. The highest BCUT2D eigenvalue weighted by molar-refractivity contribution is 6.15. The smallest absolute Gasteiger partial charge is 0.187 e. The van der Waals surface area contributed by atoms with Gasteiger partial charge in [-0.15, -0.1) is 0 Å². The van der Waals surface area contributed by atoms with Gasteiger partial charge in [0.1, 0.15) is 0 Å². The van der Waals surface area contributed by atoms with Crippen molar-refractivity contribution in [2.24, 2.45) is 0 Å². The Labute approximate surface area is 619 Å². The van der Waals surface area contributed by atoms with E-state index in [1.165, 1.54) is 43.8 Å². The molecule has 8 nitrogen and oxygen atoms in total. The molecule has 18 rings (SSSR count). The quantitative estimate of drug-likeness (QED) is 0.135. The third-order valence-electron chi connectivity index (χ3n) is 21.8. The average Bonchev–Trinajstić information content (AvgIpc) is 1.53. The standard InChI is InChI=1S/C98H82N8/c1-95(2,3)65-49-63(50-66(56-65)96(4,5)6)93-100-92(101-94(102-93)64-51-67(97(7,8)9)57-68(52-64)98(10,11)12)62-42-46-88(105-86-39-24-18-33-76(86)80-58-70(43-47-89(80)105)103-82-35-20-14-29-72(82)73-30-15-21-36-83(73)103)79(54-62)78-45-41-61(60-27-26-28-69(53-60)99-13)55-91(78)106-87-40-25-19-34-77(87)81-59-71(44-48-90(81)106)104-84-37-22-16-31-74(84)75-32-17-23-38-85(75)104/h14-59H,1-12H3. The monoisotopic (exact) mass is 1370 g/mol. The Balaban J connectivity index is 0.946. The lowest BCUT2D eigenvalue weighted by Gasteiger charge is -2.26. The molecule has 0 radical (unpaired) electrons. The number of fused-ring (bicyclic) bond motifs is 12. The van der Waals surface area contributed by atoms with Gasteiger partial charge in [0.25, 0.3) is 0 Å². The van der Waals surface area contributed by atoms with Crippen molar-refractivity contribution in [1.82, 2.24) is 33.2 Å². The van der Waals surface area contributed by atoms with Crippen LogP contribution in [0.15, 0.2) is 279 Å². The van der Waals surface area contributed by atoms with E-state index >= 15 is 0 Å². The summed E-state index contributed by atoms with van der Waals surface area (Å²) in [5.74, 6) is 1.78. The van der Waals surface area contributed by atoms with Gasteiger partial charge in [-0.25, -0.2) is 19.8 Å². The molecule has 0 aliphatic carbocycles. The predicted octanol–water partition coefficient (Wildman–Crippen LogP) is 26.3. The van der Waals surface area contributed by atoms with Crippen molar-refractivity contribution >= 4 is 92.9 Å². The van der Waals surface area contributed by atoms with Crippen LogP contribution in [0.2, 0.25) is 0 Å². The zero-order valence-electron chi connectivity index (χ0n) is 62.1. The molecule has 0 aliphatic heterocycles. The molecule has 8 heteroatoms. The van der Waals surface area contributed by atoms with Gasteiger partial charge >= 0.3 is 0 Å². The van der Waals surface area contributed by atoms with Gasteiger partial charge in [-0.3, -0.25) is 0 Å². The van der Waals surface area contributed by atoms with E-state index in [4.69, 9.17) is 21.5 Å². The lowest BCUT2D eigenvalue weighted by atomic mass is 9.79. The Bertz CT molecular complexity index is 6440. The highest BCUT2D eigenvalue weighted by Crippen LogP contribution is 2.47. The number of hydrogen-bond acceptors (Lipinski definition) is 3. The Kier molecular flexibility index (Phi) is 15.1. The van der Waals surface area contributed by atoms with Crippen LogP contribution in [-0.2, 0) is 21.7 Å². The topological polar surface area (TPSA) is 62.8 Å². The second-order valence-corrected chi connectivity index (χ2v) is 32.9. The largest absolute Gasteiger partial charge is 0.309 e. The molecule has 18 aromatic rings. The molecule has 0 aliphatic rings. The second-order valence-electron chi connectivity index (χ2n) is 32.9. The average molecular weight is 1370 g/mol. The number of nitrogens with zero attached hydrogens (tertiary/aromatic N) is 8. The molecule has 0 saturated carbocycles. The maximum absolute atomic E-state index is 8.22. The van der Waals surface area contributed by atoms with Crippen LogP contribution >= 0.6 is 0 Å². The van der Waals surface area contributed by atoms with E-state index in [0.29, 0.717) is 23.2 Å². The fourth-order valence-electron chi connectivity index (χ4n) is 16.1. The Morgan fingerprint density at radius 1 is 0.245 bits per heavy atom. The van der Waals surface area contributed by atoms with Crippen LogP contribution in [0, 0.1) is 6.57 Å². The molecule has 0 amide bonds. The van der Waals surface area contributed by atoms with Gasteiger partial charge in [-0.05, 0) is 182 Å². The molecule has 106 heavy (non-hydrogen) atoms. The third kappa shape index (κ3) is 11.0. The van der Waals surface area contributed by atoms with E-state index in [1.54, 1.807) is 0 Å². The minimum Gasteiger partial charge on any atom is -0.309 e. The summed E-state index contributed by atoms with van der Waals surface area (Å²) in [5, 5.41) is 9.39. The summed E-state index contributed by atoms with van der Waals surface area (Å²) in [6.45, 7) is 35.7. The van der Waals surface area contributed by atoms with Gasteiger partial charge in [0.2, 0.25) is 0 Å². The molecule has 5 heterocycles. The molecule has 514 valence electrons. The Morgan fingerprint density at radius 2 is 0.585 bits per heavy atom. The molecule has 0 atom stereocenters. The minimum atomic E-state index is -0.167. The van der Waals surface area contributed by atoms with Crippen molar-refractivity contribution < 1.29 is 0 Å². The van der Waals surface area contributed by atoms with Crippen LogP contribution in [-0.4, -0.2) is 33.2 Å². The van der Waals surface area contributed by atoms with Crippen LogP contribution in [0.5, 0.6) is 0 Å². The number of rotatable bonds is 9. The first-order valence-corrected chi connectivity index (χ1v) is 36.9. The van der Waals surface area contributed by atoms with E-state index in [0.717, 1.165) is 127 Å². The van der Waals surface area contributed by atoms with Crippen molar-refractivity contribution in [2.45, 2.75) is 105 Å². The predicted molar refractivity (Wildman–Crippen MR) is 445 cm³/mol. The number of para-hydroxylation sites is 6. The Hall–Kier alpha value is -12.4. The molecule has 0 saturated heterocycles. The first kappa shape index (κ1) is 65.6. The first-order chi connectivity index (χ1) is 51.0. The number of hydrogen-bond donors (Lipinski definition) is 0. The molecule has 13 aromatic carbocycles. The summed E-state index contributed by atoms with van der Waals surface area (Å²) in [7, 11) is 0. The highest BCUT2D eigenvalue weighted by Gasteiger charge is 2.29. The van der Waals surface area contributed by atoms with Gasteiger partial charge in [-0.2, -0.15) is 0 Å². The maximum Gasteiger partial charge on any atom is 0.187 e. The van der Waals surface area contributed by atoms with Crippen LogP contribution in [0.1, 0.15) is 105 Å². The molecule has 5 aromatic heterocycles. The Morgan fingerprint density at radius 3 is 0.981 bits per heavy atom. The van der Waals surface area contributed by atoms with E-state index in [9.17, 15) is 0 Å². The zero-order chi connectivity index (χ0) is 72.9. The van der Waals surface area contributed by atoms with Gasteiger partial charge in [-0.1, -0.05) is 235 Å². The van der Waals surface area contributed by atoms with E-state index in [2.05, 4.69) is 367 Å². The SMILES string of the molecule is [C-]#[N+]c1cccc(-c2ccc(-c3cc(-c4nc(-c5cc(C(C)(C)C)cc(C(C)(C)C)c5)nc(-c5cc(C(C)(C)C)cc(C(C)(C)C)c5)n4)ccc3-n3c4ccccc4c4cc(-n5c6ccccc6c6ccccc65)ccc43)c(-n3c4ccccc4c4cc(-n5c6ccccc6c6ccccc65)ccc43)c2)c1. The molecule has 0 unspecified atom stereocenters. The van der Waals surface area contributed by atoms with E-state index in [-0.39, 0.29) is 21.7 Å². The van der Waals surface area contributed by atoms with Crippen LogP contribution in [0.4, 0.5) is 5.69 Å². The van der Waals surface area contributed by atoms with E-state index < -0.39 is 0 Å². The summed E-state index contributed by atoms with van der Waals surface area (Å²) in [5.41, 5.74) is 24.4. The molecular weight excluding hydrogens is 1290 g/mol. The zero-order valence-corrected chi connectivity index (χ0v) is 62.1. The fraction of sp³-hybridized carbons (Fsp3) is 0.163. The lowest BCUT2D eigenvalue weighted by molar-refractivity contribution is 0.568.